The number of rotatable bonds is 66. The fourth-order valence-corrected chi connectivity index (χ4v) is 11.6. The molecule has 0 aliphatic heterocycles. The van der Waals surface area contributed by atoms with Crippen molar-refractivity contribution in [3.8, 4) is 0 Å². The van der Waals surface area contributed by atoms with E-state index in [1.807, 2.05) is 0 Å². The van der Waals surface area contributed by atoms with E-state index in [0.717, 1.165) is 121 Å². The number of carbonyl (C=O) groups is 4. The third kappa shape index (κ3) is 59.7. The van der Waals surface area contributed by atoms with Crippen LogP contribution >= 0.6 is 15.6 Å². The minimum Gasteiger partial charge on any atom is -0.462 e. The highest BCUT2D eigenvalue weighted by molar-refractivity contribution is 7.47. The summed E-state index contributed by atoms with van der Waals surface area (Å²) in [6, 6.07) is 0. The van der Waals surface area contributed by atoms with E-state index in [1.165, 1.54) is 135 Å². The van der Waals surface area contributed by atoms with Gasteiger partial charge in [0, 0.05) is 25.7 Å². The Morgan fingerprint density at radius 3 is 0.884 bits per heavy atom. The number of aliphatic hydroxyl groups excluding tert-OH is 1. The average molecular weight is 1270 g/mol. The second kappa shape index (κ2) is 59.4. The van der Waals surface area contributed by atoms with E-state index in [1.54, 1.807) is 0 Å². The van der Waals surface area contributed by atoms with Gasteiger partial charge in [0.1, 0.15) is 19.3 Å². The molecule has 6 atom stereocenters. The normalized spacial score (nSPS) is 14.5. The predicted octanol–water partition coefficient (Wildman–Crippen LogP) is 18.8. The molecule has 510 valence electrons. The van der Waals surface area contributed by atoms with Gasteiger partial charge in [-0.25, -0.2) is 9.13 Å². The van der Waals surface area contributed by atoms with Crippen LogP contribution in [0.25, 0.3) is 0 Å². The van der Waals surface area contributed by atoms with Crippen molar-refractivity contribution in [3.05, 3.63) is 0 Å². The molecule has 0 bridgehead atoms. The molecule has 0 rings (SSSR count). The summed E-state index contributed by atoms with van der Waals surface area (Å²) in [4.78, 5) is 72.0. The number of ether oxygens (including phenoxy) is 4. The molecular weight excluding hydrogens is 1140 g/mol. The summed E-state index contributed by atoms with van der Waals surface area (Å²) >= 11 is 0. The highest BCUT2D eigenvalue weighted by Gasteiger charge is 2.30. The van der Waals surface area contributed by atoms with Crippen LogP contribution in [0.15, 0.2) is 0 Å². The Morgan fingerprint density at radius 1 is 0.337 bits per heavy atom. The summed E-state index contributed by atoms with van der Waals surface area (Å²) in [5.41, 5.74) is 0. The summed E-state index contributed by atoms with van der Waals surface area (Å²) in [5, 5.41) is 10.5. The van der Waals surface area contributed by atoms with Gasteiger partial charge in [0.05, 0.1) is 26.4 Å². The van der Waals surface area contributed by atoms with Crippen molar-refractivity contribution in [2.75, 3.05) is 39.6 Å². The fourth-order valence-electron chi connectivity index (χ4n) is 10.0. The third-order valence-corrected chi connectivity index (χ3v) is 17.7. The quantitative estimate of drug-likeness (QED) is 0.0222. The Kier molecular flexibility index (Phi) is 58.0. The van der Waals surface area contributed by atoms with Gasteiger partial charge in [0.25, 0.3) is 0 Å². The Labute approximate surface area is 524 Å². The standard InChI is InChI=1S/C67H130O17P2/c1-7-10-12-14-30-39-45-51-66(71)83-62(55-77-64(69)49-43-35-13-11-8-2)57-81-85(73,74)79-53-61(68)54-80-86(75,76)82-58-63(56-78-65(70)50-44-38-33-28-24-21-17-18-22-26-31-36-41-47-59(4)5)84-67(72)52-46-40-34-29-25-20-16-15-19-23-27-32-37-42-48-60(6)9-3/h59-63,68H,7-58H2,1-6H3,(H,73,74)(H,75,76)/t60?,61-,62+,63+/m0/s1. The van der Waals surface area contributed by atoms with Crippen molar-refractivity contribution >= 4 is 39.5 Å². The van der Waals surface area contributed by atoms with Gasteiger partial charge in [-0.05, 0) is 37.5 Å². The van der Waals surface area contributed by atoms with Crippen molar-refractivity contribution < 1.29 is 80.2 Å². The topological polar surface area (TPSA) is 237 Å². The van der Waals surface area contributed by atoms with E-state index in [0.29, 0.717) is 25.7 Å². The summed E-state index contributed by atoms with van der Waals surface area (Å²) in [6.07, 6.45) is 43.6. The van der Waals surface area contributed by atoms with E-state index in [2.05, 4.69) is 41.5 Å². The second-order valence-electron chi connectivity index (χ2n) is 24.9. The van der Waals surface area contributed by atoms with Crippen molar-refractivity contribution in [3.63, 3.8) is 0 Å². The van der Waals surface area contributed by atoms with Gasteiger partial charge in [0.15, 0.2) is 12.2 Å². The lowest BCUT2D eigenvalue weighted by atomic mass is 9.99. The maximum absolute atomic E-state index is 13.0. The first-order chi connectivity index (χ1) is 41.4. The molecule has 0 heterocycles. The van der Waals surface area contributed by atoms with Gasteiger partial charge in [-0.15, -0.1) is 0 Å². The molecule has 0 saturated heterocycles. The number of aliphatic hydroxyl groups is 1. The SMILES string of the molecule is CCCCCCCCCC(=O)O[C@H](COC(=O)CCCCCCC)COP(=O)(O)OC[C@H](O)COP(=O)(O)OC[C@@H](COC(=O)CCCCCCCCCCCCCCCC(C)C)OC(=O)CCCCCCCCCCCCCCCCC(C)CC. The van der Waals surface area contributed by atoms with E-state index in [9.17, 15) is 43.2 Å². The maximum atomic E-state index is 13.0. The lowest BCUT2D eigenvalue weighted by Crippen LogP contribution is -2.30. The summed E-state index contributed by atoms with van der Waals surface area (Å²) in [7, 11) is -9.88. The highest BCUT2D eigenvalue weighted by atomic mass is 31.2. The van der Waals surface area contributed by atoms with Crippen molar-refractivity contribution in [2.24, 2.45) is 11.8 Å². The number of hydrogen-bond acceptors (Lipinski definition) is 15. The molecule has 0 fully saturated rings. The molecule has 19 heteroatoms. The first-order valence-electron chi connectivity index (χ1n) is 35.0. The van der Waals surface area contributed by atoms with Gasteiger partial charge in [0.2, 0.25) is 0 Å². The van der Waals surface area contributed by atoms with Crippen molar-refractivity contribution in [1.82, 2.24) is 0 Å². The minimum absolute atomic E-state index is 0.103. The fraction of sp³-hybridized carbons (Fsp3) is 0.940. The van der Waals surface area contributed by atoms with Gasteiger partial charge < -0.3 is 33.8 Å². The Bertz CT molecular complexity index is 1690. The molecule has 17 nitrogen and oxygen atoms in total. The van der Waals surface area contributed by atoms with Crippen LogP contribution in [0.2, 0.25) is 0 Å². The molecule has 0 aromatic carbocycles. The molecule has 0 aromatic heterocycles. The number of carbonyl (C=O) groups excluding carboxylic acids is 4. The smallest absolute Gasteiger partial charge is 0.462 e. The van der Waals surface area contributed by atoms with Crippen LogP contribution in [-0.4, -0.2) is 96.7 Å². The zero-order chi connectivity index (χ0) is 63.6. The summed E-state index contributed by atoms with van der Waals surface area (Å²) in [6.45, 7) is 9.46. The second-order valence-corrected chi connectivity index (χ2v) is 27.8. The number of hydrogen-bond donors (Lipinski definition) is 3. The first-order valence-corrected chi connectivity index (χ1v) is 38.0. The van der Waals surface area contributed by atoms with Gasteiger partial charge in [-0.1, -0.05) is 286 Å². The first kappa shape index (κ1) is 84.1. The Hall–Kier alpha value is -1.94. The van der Waals surface area contributed by atoms with Crippen LogP contribution in [0.3, 0.4) is 0 Å². The average Bonchev–Trinajstić information content (AvgIpc) is 3.63. The Balaban J connectivity index is 5.12. The zero-order valence-corrected chi connectivity index (χ0v) is 57.4. The van der Waals surface area contributed by atoms with Crippen molar-refractivity contribution in [1.29, 1.82) is 0 Å². The Morgan fingerprint density at radius 2 is 0.593 bits per heavy atom. The largest absolute Gasteiger partial charge is 0.472 e. The molecule has 86 heavy (non-hydrogen) atoms. The molecular formula is C67H130O17P2. The molecule has 0 radical (unpaired) electrons. The lowest BCUT2D eigenvalue weighted by Gasteiger charge is -2.21. The van der Waals surface area contributed by atoms with E-state index in [-0.39, 0.29) is 25.7 Å². The molecule has 3 N–H and O–H groups in total. The predicted molar refractivity (Wildman–Crippen MR) is 345 cm³/mol. The van der Waals surface area contributed by atoms with Crippen LogP contribution in [0.4, 0.5) is 0 Å². The van der Waals surface area contributed by atoms with Gasteiger partial charge in [-0.2, -0.15) is 0 Å². The monoisotopic (exact) mass is 1270 g/mol. The molecule has 0 spiro atoms. The highest BCUT2D eigenvalue weighted by Crippen LogP contribution is 2.45. The van der Waals surface area contributed by atoms with Crippen LogP contribution in [0.5, 0.6) is 0 Å². The zero-order valence-electron chi connectivity index (χ0n) is 55.6. The number of esters is 4. The lowest BCUT2D eigenvalue weighted by molar-refractivity contribution is -0.161. The van der Waals surface area contributed by atoms with Crippen LogP contribution in [-0.2, 0) is 65.4 Å². The molecule has 3 unspecified atom stereocenters. The van der Waals surface area contributed by atoms with Crippen LogP contribution in [0.1, 0.15) is 337 Å². The minimum atomic E-state index is -4.95. The summed E-state index contributed by atoms with van der Waals surface area (Å²) in [5.74, 6) is -0.507. The molecule has 0 aliphatic carbocycles. The van der Waals surface area contributed by atoms with Crippen LogP contribution < -0.4 is 0 Å². The van der Waals surface area contributed by atoms with Crippen LogP contribution in [0, 0.1) is 11.8 Å². The molecule has 0 amide bonds. The molecule has 0 saturated carbocycles. The summed E-state index contributed by atoms with van der Waals surface area (Å²) < 4.78 is 67.8. The van der Waals surface area contributed by atoms with E-state index in [4.69, 9.17) is 37.0 Å². The number of unbranched alkanes of at least 4 members (excludes halogenated alkanes) is 35. The molecule has 0 aromatic rings. The molecule has 0 aliphatic rings. The van der Waals surface area contributed by atoms with Gasteiger partial charge >= 0.3 is 39.5 Å². The number of phosphoric acid groups is 2. The third-order valence-electron chi connectivity index (χ3n) is 15.8. The van der Waals surface area contributed by atoms with E-state index >= 15 is 0 Å². The maximum Gasteiger partial charge on any atom is 0.472 e. The van der Waals surface area contributed by atoms with Gasteiger partial charge in [-0.3, -0.25) is 37.3 Å². The van der Waals surface area contributed by atoms with E-state index < -0.39 is 97.5 Å². The number of phosphoric ester groups is 2. The van der Waals surface area contributed by atoms with Crippen molar-refractivity contribution in [2.45, 2.75) is 355 Å².